The Hall–Kier alpha value is -2.41. The molecule has 1 amide bonds. The molecule has 0 spiro atoms. The lowest BCUT2D eigenvalue weighted by Gasteiger charge is -2.12. The van der Waals surface area contributed by atoms with Gasteiger partial charge in [-0.1, -0.05) is 48.2 Å². The zero-order valence-corrected chi connectivity index (χ0v) is 13.0. The maximum absolute atomic E-state index is 12.4. The molecule has 112 valence electrons. The molecule has 1 N–H and O–H groups in total. The van der Waals surface area contributed by atoms with Crippen molar-refractivity contribution in [2.45, 2.75) is 17.3 Å². The van der Waals surface area contributed by atoms with Gasteiger partial charge < -0.3 is 5.32 Å². The Balaban J connectivity index is 1.77. The van der Waals surface area contributed by atoms with Crippen LogP contribution in [0.4, 0.5) is 5.69 Å². The summed E-state index contributed by atoms with van der Waals surface area (Å²) in [6.07, 6.45) is 0. The molecule has 2 aromatic carbocycles. The maximum Gasteiger partial charge on any atom is 0.237 e. The van der Waals surface area contributed by atoms with Gasteiger partial charge in [0.05, 0.1) is 5.25 Å². The summed E-state index contributed by atoms with van der Waals surface area (Å²) in [5, 5.41) is 16.6. The van der Waals surface area contributed by atoms with Crippen LogP contribution < -0.4 is 5.32 Å². The first-order valence-electron chi connectivity index (χ1n) is 6.83. The van der Waals surface area contributed by atoms with Crippen molar-refractivity contribution in [3.63, 3.8) is 0 Å². The first-order valence-corrected chi connectivity index (χ1v) is 7.71. The minimum atomic E-state index is -0.302. The van der Waals surface area contributed by atoms with E-state index >= 15 is 0 Å². The van der Waals surface area contributed by atoms with E-state index in [0.29, 0.717) is 5.16 Å². The van der Waals surface area contributed by atoms with Crippen molar-refractivity contribution in [3.05, 3.63) is 42.5 Å². The third-order valence-electron chi connectivity index (χ3n) is 3.28. The van der Waals surface area contributed by atoms with E-state index in [1.54, 1.807) is 11.7 Å². The van der Waals surface area contributed by atoms with Gasteiger partial charge in [0.25, 0.3) is 0 Å². The lowest BCUT2D eigenvalue weighted by molar-refractivity contribution is -0.115. The van der Waals surface area contributed by atoms with Crippen LogP contribution in [-0.4, -0.2) is 31.4 Å². The lowest BCUT2D eigenvalue weighted by atomic mass is 10.1. The predicted octanol–water partition coefficient (Wildman–Crippen LogP) is 2.48. The van der Waals surface area contributed by atoms with E-state index in [1.165, 1.54) is 11.8 Å². The van der Waals surface area contributed by atoms with Crippen molar-refractivity contribution < 1.29 is 4.79 Å². The molecule has 1 atom stereocenters. The number of tetrazole rings is 1. The monoisotopic (exact) mass is 313 g/mol. The molecule has 22 heavy (non-hydrogen) atoms. The molecule has 1 aromatic heterocycles. The van der Waals surface area contributed by atoms with Crippen molar-refractivity contribution in [1.29, 1.82) is 0 Å². The van der Waals surface area contributed by atoms with Crippen LogP contribution in [0.3, 0.4) is 0 Å². The summed E-state index contributed by atoms with van der Waals surface area (Å²) in [6, 6.07) is 13.8. The molecule has 0 unspecified atom stereocenters. The Morgan fingerprint density at radius 2 is 2.00 bits per heavy atom. The van der Waals surface area contributed by atoms with E-state index in [4.69, 9.17) is 0 Å². The normalized spacial score (nSPS) is 12.3. The van der Waals surface area contributed by atoms with Crippen LogP contribution in [0.15, 0.2) is 47.6 Å². The van der Waals surface area contributed by atoms with Crippen molar-refractivity contribution >= 4 is 34.1 Å². The second-order valence-electron chi connectivity index (χ2n) is 4.86. The Morgan fingerprint density at radius 3 is 2.77 bits per heavy atom. The summed E-state index contributed by atoms with van der Waals surface area (Å²) in [6.45, 7) is 1.83. The van der Waals surface area contributed by atoms with Crippen molar-refractivity contribution in [2.24, 2.45) is 7.05 Å². The number of carbonyl (C=O) groups excluding carboxylic acids is 1. The highest BCUT2D eigenvalue weighted by Gasteiger charge is 2.18. The van der Waals surface area contributed by atoms with Gasteiger partial charge in [-0.3, -0.25) is 4.79 Å². The van der Waals surface area contributed by atoms with E-state index in [1.807, 2.05) is 49.4 Å². The number of nitrogens with zero attached hydrogens (tertiary/aromatic N) is 4. The molecule has 7 heteroatoms. The highest BCUT2D eigenvalue weighted by Crippen LogP contribution is 2.25. The topological polar surface area (TPSA) is 72.7 Å². The zero-order valence-electron chi connectivity index (χ0n) is 12.2. The van der Waals surface area contributed by atoms with Gasteiger partial charge in [-0.15, -0.1) is 5.10 Å². The second-order valence-corrected chi connectivity index (χ2v) is 6.17. The summed E-state index contributed by atoms with van der Waals surface area (Å²) in [4.78, 5) is 12.4. The van der Waals surface area contributed by atoms with Gasteiger partial charge in [-0.25, -0.2) is 4.68 Å². The van der Waals surface area contributed by atoms with Gasteiger partial charge in [0, 0.05) is 18.1 Å². The van der Waals surface area contributed by atoms with Gasteiger partial charge >= 0.3 is 0 Å². The summed E-state index contributed by atoms with van der Waals surface area (Å²) in [5.41, 5.74) is 0.812. The lowest BCUT2D eigenvalue weighted by Crippen LogP contribution is -2.23. The van der Waals surface area contributed by atoms with E-state index in [9.17, 15) is 4.79 Å². The average molecular weight is 313 g/mol. The molecular formula is C15H15N5OS. The molecule has 1 heterocycles. The number of aryl methyl sites for hydroxylation is 1. The van der Waals surface area contributed by atoms with Gasteiger partial charge in [-0.05, 0) is 28.8 Å². The number of carbonyl (C=O) groups is 1. The Kier molecular flexibility index (Phi) is 4.06. The fraction of sp³-hybridized carbons (Fsp3) is 0.200. The van der Waals surface area contributed by atoms with Crippen LogP contribution in [0.25, 0.3) is 10.8 Å². The summed E-state index contributed by atoms with van der Waals surface area (Å²) >= 11 is 1.32. The molecular weight excluding hydrogens is 298 g/mol. The SMILES string of the molecule is C[C@H](Sc1nnnn1C)C(=O)Nc1cccc2ccccc12. The van der Waals surface area contributed by atoms with E-state index < -0.39 is 0 Å². The number of aromatic nitrogens is 4. The quantitative estimate of drug-likeness (QED) is 0.749. The predicted molar refractivity (Wildman–Crippen MR) is 86.7 cm³/mol. The minimum Gasteiger partial charge on any atom is -0.325 e. The largest absolute Gasteiger partial charge is 0.325 e. The summed E-state index contributed by atoms with van der Waals surface area (Å²) in [5.74, 6) is -0.0793. The number of benzene rings is 2. The van der Waals surface area contributed by atoms with Crippen LogP contribution >= 0.6 is 11.8 Å². The molecule has 3 rings (SSSR count). The maximum atomic E-state index is 12.4. The molecule has 0 aliphatic rings. The Labute approximate surface area is 131 Å². The minimum absolute atomic E-state index is 0.0793. The molecule has 0 radical (unpaired) electrons. The summed E-state index contributed by atoms with van der Waals surface area (Å²) in [7, 11) is 1.75. The Bertz CT molecular complexity index is 811. The number of amides is 1. The van der Waals surface area contributed by atoms with Crippen LogP contribution in [0.1, 0.15) is 6.92 Å². The smallest absolute Gasteiger partial charge is 0.237 e. The number of rotatable bonds is 4. The van der Waals surface area contributed by atoms with Gasteiger partial charge in [0.15, 0.2) is 0 Å². The molecule has 0 saturated carbocycles. The molecule has 0 fully saturated rings. The number of hydrogen-bond acceptors (Lipinski definition) is 5. The van der Waals surface area contributed by atoms with E-state index in [0.717, 1.165) is 16.5 Å². The van der Waals surface area contributed by atoms with Gasteiger partial charge in [0.1, 0.15) is 0 Å². The van der Waals surface area contributed by atoms with Crippen molar-refractivity contribution in [3.8, 4) is 0 Å². The van der Waals surface area contributed by atoms with Gasteiger partial charge in [0.2, 0.25) is 11.1 Å². The first-order chi connectivity index (χ1) is 10.6. The second kappa shape index (κ2) is 6.15. The third-order valence-corrected chi connectivity index (χ3v) is 4.40. The number of nitrogens with one attached hydrogen (secondary N) is 1. The van der Waals surface area contributed by atoms with E-state index in [-0.39, 0.29) is 11.2 Å². The highest BCUT2D eigenvalue weighted by atomic mass is 32.2. The molecule has 6 nitrogen and oxygen atoms in total. The van der Waals surface area contributed by atoms with Gasteiger partial charge in [-0.2, -0.15) is 0 Å². The van der Waals surface area contributed by atoms with Crippen LogP contribution in [0, 0.1) is 0 Å². The van der Waals surface area contributed by atoms with Crippen molar-refractivity contribution in [1.82, 2.24) is 20.2 Å². The number of thioether (sulfide) groups is 1. The zero-order chi connectivity index (χ0) is 15.5. The molecule has 0 aliphatic carbocycles. The number of anilines is 1. The van der Waals surface area contributed by atoms with Crippen molar-refractivity contribution in [2.75, 3.05) is 5.32 Å². The fourth-order valence-electron chi connectivity index (χ4n) is 2.10. The molecule has 3 aromatic rings. The first kappa shape index (κ1) is 14.5. The standard InChI is InChI=1S/C15H15N5OS/c1-10(22-15-17-18-19-20(15)2)14(21)16-13-9-5-7-11-6-3-4-8-12(11)13/h3-10H,1-2H3,(H,16,21)/t10-/m0/s1. The molecule has 0 aliphatic heterocycles. The average Bonchev–Trinajstić information content (AvgIpc) is 2.93. The fourth-order valence-corrected chi connectivity index (χ4v) is 2.86. The number of hydrogen-bond donors (Lipinski definition) is 1. The van der Waals surface area contributed by atoms with E-state index in [2.05, 4.69) is 20.8 Å². The highest BCUT2D eigenvalue weighted by molar-refractivity contribution is 8.00. The number of fused-ring (bicyclic) bond motifs is 1. The summed E-state index contributed by atoms with van der Waals surface area (Å²) < 4.78 is 1.55. The van der Waals surface area contributed by atoms with Crippen LogP contribution in [0.2, 0.25) is 0 Å². The molecule has 0 saturated heterocycles. The Morgan fingerprint density at radius 1 is 1.23 bits per heavy atom. The third kappa shape index (κ3) is 2.94. The van der Waals surface area contributed by atoms with Crippen LogP contribution in [-0.2, 0) is 11.8 Å². The molecule has 0 bridgehead atoms. The van der Waals surface area contributed by atoms with Crippen LogP contribution in [0.5, 0.6) is 0 Å².